The number of nitrogens with one attached hydrogen (secondary N) is 1. The molecule has 0 spiro atoms. The summed E-state index contributed by atoms with van der Waals surface area (Å²) in [7, 11) is 0. The van der Waals surface area contributed by atoms with Gasteiger partial charge >= 0.3 is 0 Å². The fraction of sp³-hybridized carbons (Fsp3) is 0. The van der Waals surface area contributed by atoms with Gasteiger partial charge < -0.3 is 9.73 Å². The van der Waals surface area contributed by atoms with Gasteiger partial charge in [0.15, 0.2) is 12.2 Å². The van der Waals surface area contributed by atoms with Gasteiger partial charge in [-0.3, -0.25) is 4.79 Å². The van der Waals surface area contributed by atoms with E-state index in [0.717, 1.165) is 15.0 Å². The number of nitrogens with zero attached hydrogens (tertiary/aromatic N) is 1. The van der Waals surface area contributed by atoms with Gasteiger partial charge in [-0.25, -0.2) is 4.98 Å². The quantitative estimate of drug-likeness (QED) is 0.762. The minimum atomic E-state index is -0.117. The number of benzene rings is 1. The molecule has 0 aliphatic rings. The Hall–Kier alpha value is -1.92. The van der Waals surface area contributed by atoms with Crippen LogP contribution < -0.4 is 5.32 Å². The number of rotatable bonds is 3. The molecule has 0 saturated heterocycles. The largest absolute Gasteiger partial charge is 0.444 e. The Morgan fingerprint density at radius 3 is 2.60 bits per heavy atom. The molecule has 1 aromatic carbocycles. The van der Waals surface area contributed by atoms with Crippen LogP contribution in [0.1, 0.15) is 9.67 Å². The van der Waals surface area contributed by atoms with Gasteiger partial charge in [0.25, 0.3) is 5.91 Å². The van der Waals surface area contributed by atoms with Crippen LogP contribution in [0.25, 0.3) is 11.3 Å². The monoisotopic (exact) mass is 348 g/mol. The second kappa shape index (κ2) is 5.60. The van der Waals surface area contributed by atoms with Gasteiger partial charge in [-0.05, 0) is 52.3 Å². The molecule has 0 saturated carbocycles. The molecule has 3 rings (SSSR count). The first-order valence-corrected chi connectivity index (χ1v) is 7.39. The zero-order chi connectivity index (χ0) is 13.9. The number of thiophene rings is 1. The molecule has 20 heavy (non-hydrogen) atoms. The smallest absolute Gasteiger partial charge is 0.265 e. The van der Waals surface area contributed by atoms with Crippen molar-refractivity contribution < 1.29 is 9.21 Å². The Labute approximate surface area is 127 Å². The van der Waals surface area contributed by atoms with Crippen molar-refractivity contribution in [1.82, 2.24) is 4.98 Å². The van der Waals surface area contributed by atoms with Gasteiger partial charge in [-0.2, -0.15) is 0 Å². The van der Waals surface area contributed by atoms with Gasteiger partial charge in [0.2, 0.25) is 0 Å². The van der Waals surface area contributed by atoms with Crippen molar-refractivity contribution in [2.75, 3.05) is 5.32 Å². The fourth-order valence-electron chi connectivity index (χ4n) is 1.71. The van der Waals surface area contributed by atoms with E-state index in [9.17, 15) is 4.79 Å². The maximum atomic E-state index is 12.0. The molecule has 0 bridgehead atoms. The van der Waals surface area contributed by atoms with Crippen LogP contribution in [0.15, 0.2) is 57.2 Å². The Morgan fingerprint density at radius 1 is 1.20 bits per heavy atom. The number of carbonyl (C=O) groups excluding carboxylic acids is 1. The van der Waals surface area contributed by atoms with Crippen LogP contribution in [0.3, 0.4) is 0 Å². The van der Waals surface area contributed by atoms with E-state index in [-0.39, 0.29) is 5.91 Å². The van der Waals surface area contributed by atoms with Crippen molar-refractivity contribution in [2.24, 2.45) is 0 Å². The lowest BCUT2D eigenvalue weighted by molar-refractivity contribution is 0.103. The van der Waals surface area contributed by atoms with Crippen LogP contribution in [-0.4, -0.2) is 10.9 Å². The maximum absolute atomic E-state index is 12.0. The third kappa shape index (κ3) is 2.81. The van der Waals surface area contributed by atoms with Crippen LogP contribution in [0.5, 0.6) is 0 Å². The zero-order valence-corrected chi connectivity index (χ0v) is 12.6. The number of anilines is 1. The summed E-state index contributed by atoms with van der Waals surface area (Å²) in [6, 6.07) is 11.1. The summed E-state index contributed by atoms with van der Waals surface area (Å²) in [5, 5.41) is 2.85. The lowest BCUT2D eigenvalue weighted by atomic mass is 10.1. The molecule has 6 heteroatoms. The summed E-state index contributed by atoms with van der Waals surface area (Å²) < 4.78 is 6.14. The summed E-state index contributed by atoms with van der Waals surface area (Å²) >= 11 is 4.74. The molecular weight excluding hydrogens is 340 g/mol. The van der Waals surface area contributed by atoms with Gasteiger partial charge in [-0.1, -0.05) is 0 Å². The SMILES string of the molecule is O=C(Nc1ccc(-c2cnco2)cc1)c1ccc(Br)s1. The van der Waals surface area contributed by atoms with Crippen LogP contribution in [0.4, 0.5) is 5.69 Å². The number of hydrogen-bond donors (Lipinski definition) is 1. The first kappa shape index (κ1) is 13.1. The zero-order valence-electron chi connectivity index (χ0n) is 10.2. The third-order valence-corrected chi connectivity index (χ3v) is 4.28. The minimum Gasteiger partial charge on any atom is -0.444 e. The highest BCUT2D eigenvalue weighted by atomic mass is 79.9. The highest BCUT2D eigenvalue weighted by Crippen LogP contribution is 2.24. The van der Waals surface area contributed by atoms with E-state index in [1.54, 1.807) is 12.3 Å². The molecule has 0 aliphatic carbocycles. The topological polar surface area (TPSA) is 55.1 Å². The first-order chi connectivity index (χ1) is 9.72. The standard InChI is InChI=1S/C14H9BrN2O2S/c15-13-6-5-12(20-13)14(18)17-10-3-1-9(2-4-10)11-7-16-8-19-11/h1-8H,(H,17,18). The second-order valence-corrected chi connectivity index (χ2v) is 6.46. The molecule has 1 amide bonds. The molecule has 0 unspecified atom stereocenters. The highest BCUT2D eigenvalue weighted by molar-refractivity contribution is 9.11. The van der Waals surface area contributed by atoms with Crippen molar-refractivity contribution in [3.05, 3.63) is 57.7 Å². The number of hydrogen-bond acceptors (Lipinski definition) is 4. The summed E-state index contributed by atoms with van der Waals surface area (Å²) in [5.41, 5.74) is 1.65. The van der Waals surface area contributed by atoms with E-state index in [0.29, 0.717) is 10.6 Å². The van der Waals surface area contributed by atoms with E-state index in [1.165, 1.54) is 17.7 Å². The summed E-state index contributed by atoms with van der Waals surface area (Å²) in [4.78, 5) is 16.5. The molecule has 2 aromatic heterocycles. The summed E-state index contributed by atoms with van der Waals surface area (Å²) in [5.74, 6) is 0.582. The molecular formula is C14H9BrN2O2S. The van der Waals surface area contributed by atoms with Crippen LogP contribution in [0.2, 0.25) is 0 Å². The average Bonchev–Trinajstić information content (AvgIpc) is 3.10. The number of aromatic nitrogens is 1. The molecule has 0 fully saturated rings. The molecule has 0 radical (unpaired) electrons. The first-order valence-electron chi connectivity index (χ1n) is 5.78. The Morgan fingerprint density at radius 2 is 2.00 bits per heavy atom. The third-order valence-electron chi connectivity index (χ3n) is 2.66. The maximum Gasteiger partial charge on any atom is 0.265 e. The summed E-state index contributed by atoms with van der Waals surface area (Å²) in [6.07, 6.45) is 3.04. The van der Waals surface area contributed by atoms with E-state index in [4.69, 9.17) is 4.42 Å². The number of amides is 1. The van der Waals surface area contributed by atoms with E-state index < -0.39 is 0 Å². The normalized spacial score (nSPS) is 10.4. The van der Waals surface area contributed by atoms with E-state index >= 15 is 0 Å². The predicted octanol–water partition coefficient (Wildman–Crippen LogP) is 4.42. The van der Waals surface area contributed by atoms with Gasteiger partial charge in [0.1, 0.15) is 0 Å². The average molecular weight is 349 g/mol. The van der Waals surface area contributed by atoms with Crippen molar-refractivity contribution >= 4 is 38.9 Å². The molecule has 0 aliphatic heterocycles. The van der Waals surface area contributed by atoms with Gasteiger partial charge in [0, 0.05) is 11.3 Å². The lowest BCUT2D eigenvalue weighted by Gasteiger charge is -2.04. The number of oxazole rings is 1. The van der Waals surface area contributed by atoms with Gasteiger partial charge in [-0.15, -0.1) is 11.3 Å². The van der Waals surface area contributed by atoms with E-state index in [1.807, 2.05) is 30.3 Å². The number of halogens is 1. The number of carbonyl (C=O) groups is 1. The van der Waals surface area contributed by atoms with Crippen LogP contribution in [0, 0.1) is 0 Å². The molecule has 2 heterocycles. The Bertz CT molecular complexity index is 720. The molecule has 4 nitrogen and oxygen atoms in total. The molecule has 100 valence electrons. The van der Waals surface area contributed by atoms with Crippen LogP contribution in [-0.2, 0) is 0 Å². The Kier molecular flexibility index (Phi) is 3.66. The van der Waals surface area contributed by atoms with Crippen molar-refractivity contribution in [1.29, 1.82) is 0 Å². The predicted molar refractivity (Wildman–Crippen MR) is 81.9 cm³/mol. The highest BCUT2D eigenvalue weighted by Gasteiger charge is 2.09. The fourth-order valence-corrected chi connectivity index (χ4v) is 2.99. The van der Waals surface area contributed by atoms with Gasteiger partial charge in [0.05, 0.1) is 14.9 Å². The molecule has 3 aromatic rings. The van der Waals surface area contributed by atoms with Crippen molar-refractivity contribution in [3.8, 4) is 11.3 Å². The lowest BCUT2D eigenvalue weighted by Crippen LogP contribution is -2.09. The minimum absolute atomic E-state index is 0.117. The van der Waals surface area contributed by atoms with Crippen molar-refractivity contribution in [3.63, 3.8) is 0 Å². The summed E-state index contributed by atoms with van der Waals surface area (Å²) in [6.45, 7) is 0. The van der Waals surface area contributed by atoms with E-state index in [2.05, 4.69) is 26.2 Å². The molecule has 0 atom stereocenters. The second-order valence-electron chi connectivity index (χ2n) is 4.00. The Balaban J connectivity index is 1.74. The molecule has 1 N–H and O–H groups in total. The van der Waals surface area contributed by atoms with Crippen LogP contribution >= 0.6 is 27.3 Å². The van der Waals surface area contributed by atoms with Crippen molar-refractivity contribution in [2.45, 2.75) is 0 Å².